The topological polar surface area (TPSA) is 101 Å². The maximum absolute atomic E-state index is 11.7. The van der Waals surface area contributed by atoms with Crippen LogP contribution in [0.3, 0.4) is 0 Å². The number of aromatic amines is 1. The van der Waals surface area contributed by atoms with E-state index in [1.165, 1.54) is 0 Å². The number of carbonyl (C=O) groups excluding carboxylic acids is 1. The van der Waals surface area contributed by atoms with Crippen LogP contribution in [0.5, 0.6) is 0 Å². The fourth-order valence-corrected chi connectivity index (χ4v) is 1.07. The molecular formula is C8H8N6O. The lowest BCUT2D eigenvalue weighted by molar-refractivity contribution is 0.0985. The molecule has 76 valence electrons. The van der Waals surface area contributed by atoms with Crippen molar-refractivity contribution in [3.05, 3.63) is 35.9 Å². The zero-order valence-electron chi connectivity index (χ0n) is 7.66. The van der Waals surface area contributed by atoms with Gasteiger partial charge in [-0.2, -0.15) is 0 Å². The van der Waals surface area contributed by atoms with Crippen LogP contribution in [0.1, 0.15) is 10.4 Å². The second-order valence-electron chi connectivity index (χ2n) is 2.77. The summed E-state index contributed by atoms with van der Waals surface area (Å²) in [5.74, 6) is 5.25. The van der Waals surface area contributed by atoms with Gasteiger partial charge in [-0.15, -0.1) is 0 Å². The molecule has 0 bridgehead atoms. The largest absolute Gasteiger partial charge is 0.275 e. The van der Waals surface area contributed by atoms with E-state index < -0.39 is 0 Å². The molecule has 3 N–H and O–H groups in total. The summed E-state index contributed by atoms with van der Waals surface area (Å²) in [4.78, 5) is 11.7. The lowest BCUT2D eigenvalue weighted by atomic mass is 10.2. The standard InChI is InChI=1S/C8H8N6O/c9-14(8-10-12-13-11-8)7(15)6-4-2-1-3-5-6/h1-5H,9H2,(H,10,11,12,13). The van der Waals surface area contributed by atoms with Crippen molar-refractivity contribution in [3.63, 3.8) is 0 Å². The number of carbonyl (C=O) groups is 1. The minimum absolute atomic E-state index is 0.101. The first-order valence-electron chi connectivity index (χ1n) is 4.17. The maximum Gasteiger partial charge on any atom is 0.275 e. The number of tetrazole rings is 1. The summed E-state index contributed by atoms with van der Waals surface area (Å²) in [6.45, 7) is 0. The Balaban J connectivity index is 2.23. The predicted octanol–water partition coefficient (Wildman–Crippen LogP) is -0.280. The predicted molar refractivity (Wildman–Crippen MR) is 51.6 cm³/mol. The summed E-state index contributed by atoms with van der Waals surface area (Å²) < 4.78 is 0. The number of anilines is 1. The number of hydrogen-bond donors (Lipinski definition) is 2. The Kier molecular flexibility index (Phi) is 2.38. The monoisotopic (exact) mass is 204 g/mol. The van der Waals surface area contributed by atoms with Gasteiger partial charge in [-0.3, -0.25) is 4.79 Å². The molecule has 0 aliphatic heterocycles. The summed E-state index contributed by atoms with van der Waals surface area (Å²) in [5, 5.41) is 13.4. The van der Waals surface area contributed by atoms with Crippen molar-refractivity contribution in [1.29, 1.82) is 0 Å². The Morgan fingerprint density at radius 1 is 1.33 bits per heavy atom. The van der Waals surface area contributed by atoms with Gasteiger partial charge in [0.05, 0.1) is 0 Å². The Bertz CT molecular complexity index is 439. The van der Waals surface area contributed by atoms with Gasteiger partial charge in [0.25, 0.3) is 11.9 Å². The fraction of sp³-hybridized carbons (Fsp3) is 0. The SMILES string of the molecule is NN(C(=O)c1ccccc1)c1nnn[nH]1. The van der Waals surface area contributed by atoms with Crippen molar-refractivity contribution < 1.29 is 4.79 Å². The third-order valence-corrected chi connectivity index (χ3v) is 1.80. The molecule has 15 heavy (non-hydrogen) atoms. The molecule has 0 aliphatic carbocycles. The number of aromatic nitrogens is 4. The van der Waals surface area contributed by atoms with E-state index in [1.54, 1.807) is 24.3 Å². The van der Waals surface area contributed by atoms with Crippen molar-refractivity contribution in [3.8, 4) is 0 Å². The summed E-state index contributed by atoms with van der Waals surface area (Å²) in [6.07, 6.45) is 0. The fourth-order valence-electron chi connectivity index (χ4n) is 1.07. The molecule has 1 heterocycles. The van der Waals surface area contributed by atoms with Gasteiger partial charge in [0.15, 0.2) is 0 Å². The summed E-state index contributed by atoms with van der Waals surface area (Å²) in [6, 6.07) is 8.63. The molecule has 2 rings (SSSR count). The third kappa shape index (κ3) is 1.81. The van der Waals surface area contributed by atoms with Crippen molar-refractivity contribution in [2.24, 2.45) is 5.84 Å². The van der Waals surface area contributed by atoms with Gasteiger partial charge in [-0.05, 0) is 22.6 Å². The Labute approximate surface area is 84.9 Å². The lowest BCUT2D eigenvalue weighted by Gasteiger charge is -2.11. The number of hydrogen-bond acceptors (Lipinski definition) is 5. The van der Waals surface area contributed by atoms with Crippen molar-refractivity contribution in [1.82, 2.24) is 20.6 Å². The van der Waals surface area contributed by atoms with Crippen LogP contribution in [0.15, 0.2) is 30.3 Å². The molecule has 1 aromatic carbocycles. The molecule has 0 spiro atoms. The highest BCUT2D eigenvalue weighted by Crippen LogP contribution is 2.05. The molecule has 7 heteroatoms. The number of H-pyrrole nitrogens is 1. The molecule has 0 radical (unpaired) electrons. The van der Waals surface area contributed by atoms with E-state index in [0.717, 1.165) is 5.01 Å². The van der Waals surface area contributed by atoms with Crippen LogP contribution in [-0.2, 0) is 0 Å². The van der Waals surface area contributed by atoms with Crippen LogP contribution in [0.4, 0.5) is 5.95 Å². The number of amides is 1. The Hall–Kier alpha value is -2.28. The van der Waals surface area contributed by atoms with Crippen LogP contribution < -0.4 is 10.9 Å². The molecule has 1 amide bonds. The Morgan fingerprint density at radius 3 is 2.67 bits per heavy atom. The number of nitrogens with zero attached hydrogens (tertiary/aromatic N) is 4. The molecule has 0 saturated heterocycles. The average molecular weight is 204 g/mol. The van der Waals surface area contributed by atoms with Crippen LogP contribution in [0.2, 0.25) is 0 Å². The highest BCUT2D eigenvalue weighted by Gasteiger charge is 2.16. The summed E-state index contributed by atoms with van der Waals surface area (Å²) in [7, 11) is 0. The highest BCUT2D eigenvalue weighted by molar-refractivity contribution is 6.04. The van der Waals surface area contributed by atoms with Crippen LogP contribution in [-0.4, -0.2) is 26.5 Å². The van der Waals surface area contributed by atoms with E-state index in [0.29, 0.717) is 5.56 Å². The zero-order chi connectivity index (χ0) is 10.7. The molecule has 0 aliphatic rings. The molecular weight excluding hydrogens is 196 g/mol. The number of benzene rings is 1. The normalized spacial score (nSPS) is 9.93. The van der Waals surface area contributed by atoms with Gasteiger partial charge in [0, 0.05) is 5.56 Å². The first-order valence-corrected chi connectivity index (χ1v) is 4.17. The zero-order valence-corrected chi connectivity index (χ0v) is 7.66. The van der Waals surface area contributed by atoms with Gasteiger partial charge >= 0.3 is 0 Å². The van der Waals surface area contributed by atoms with Crippen LogP contribution >= 0.6 is 0 Å². The minimum Gasteiger partial charge on any atom is -0.267 e. The highest BCUT2D eigenvalue weighted by atomic mass is 16.2. The second-order valence-corrected chi connectivity index (χ2v) is 2.77. The van der Waals surface area contributed by atoms with E-state index in [4.69, 9.17) is 5.84 Å². The summed E-state index contributed by atoms with van der Waals surface area (Å²) in [5.41, 5.74) is 0.469. The quantitative estimate of drug-likeness (QED) is 0.398. The molecule has 0 unspecified atom stereocenters. The summed E-state index contributed by atoms with van der Waals surface area (Å²) >= 11 is 0. The van der Waals surface area contributed by atoms with Gasteiger partial charge in [-0.1, -0.05) is 23.3 Å². The number of nitrogens with two attached hydrogens (primary N) is 1. The van der Waals surface area contributed by atoms with Gasteiger partial charge < -0.3 is 0 Å². The molecule has 7 nitrogen and oxygen atoms in total. The number of hydrazine groups is 1. The average Bonchev–Trinajstić information content (AvgIpc) is 2.82. The smallest absolute Gasteiger partial charge is 0.267 e. The minimum atomic E-state index is -0.380. The van der Waals surface area contributed by atoms with E-state index in [9.17, 15) is 4.79 Å². The first kappa shape index (κ1) is 9.28. The van der Waals surface area contributed by atoms with Crippen LogP contribution in [0.25, 0.3) is 0 Å². The third-order valence-electron chi connectivity index (χ3n) is 1.80. The van der Waals surface area contributed by atoms with Gasteiger partial charge in [0.2, 0.25) is 0 Å². The number of nitrogens with one attached hydrogen (secondary N) is 1. The Morgan fingerprint density at radius 2 is 2.07 bits per heavy atom. The van der Waals surface area contributed by atoms with E-state index >= 15 is 0 Å². The lowest BCUT2D eigenvalue weighted by Crippen LogP contribution is -2.38. The molecule has 2 aromatic rings. The van der Waals surface area contributed by atoms with E-state index in [-0.39, 0.29) is 11.9 Å². The molecule has 0 saturated carbocycles. The van der Waals surface area contributed by atoms with Gasteiger partial charge in [-0.25, -0.2) is 16.0 Å². The van der Waals surface area contributed by atoms with Crippen molar-refractivity contribution in [2.45, 2.75) is 0 Å². The van der Waals surface area contributed by atoms with Crippen molar-refractivity contribution >= 4 is 11.9 Å². The van der Waals surface area contributed by atoms with E-state index in [2.05, 4.69) is 20.6 Å². The number of rotatable bonds is 2. The molecule has 0 atom stereocenters. The van der Waals surface area contributed by atoms with Gasteiger partial charge in [0.1, 0.15) is 0 Å². The first-order chi connectivity index (χ1) is 7.29. The molecule has 0 fully saturated rings. The maximum atomic E-state index is 11.7. The van der Waals surface area contributed by atoms with E-state index in [1.807, 2.05) is 6.07 Å². The second kappa shape index (κ2) is 3.84. The van der Waals surface area contributed by atoms with Crippen molar-refractivity contribution in [2.75, 3.05) is 5.01 Å². The molecule has 1 aromatic heterocycles. The van der Waals surface area contributed by atoms with Crippen LogP contribution in [0, 0.1) is 0 Å².